The summed E-state index contributed by atoms with van der Waals surface area (Å²) < 4.78 is 37.4. The van der Waals surface area contributed by atoms with Gasteiger partial charge in [-0.15, -0.1) is 24.2 Å². The largest absolute Gasteiger partial charge is 0.416 e. The monoisotopic (exact) mass is 329 g/mol. The van der Waals surface area contributed by atoms with Crippen molar-refractivity contribution in [1.29, 1.82) is 0 Å². The van der Waals surface area contributed by atoms with Crippen molar-refractivity contribution in [2.45, 2.75) is 48.7 Å². The van der Waals surface area contributed by atoms with E-state index < -0.39 is 18.3 Å². The number of aliphatic hydroxyl groups excluding tert-OH is 1. The lowest BCUT2D eigenvalue weighted by Gasteiger charge is -2.26. The van der Waals surface area contributed by atoms with Gasteiger partial charge in [-0.2, -0.15) is 13.2 Å². The molecule has 0 spiro atoms. The number of alkyl halides is 3. The van der Waals surface area contributed by atoms with Crippen LogP contribution in [0.3, 0.4) is 0 Å². The van der Waals surface area contributed by atoms with Gasteiger partial charge in [0.1, 0.15) is 0 Å². The zero-order valence-electron chi connectivity index (χ0n) is 11.4. The first-order valence-corrected chi connectivity index (χ1v) is 6.62. The third kappa shape index (κ3) is 5.52. The van der Waals surface area contributed by atoms with E-state index in [-0.39, 0.29) is 17.2 Å². The van der Waals surface area contributed by atoms with Crippen molar-refractivity contribution in [1.82, 2.24) is 0 Å². The summed E-state index contributed by atoms with van der Waals surface area (Å²) in [5.41, 5.74) is 5.87. The fraction of sp³-hybridized carbons (Fsp3) is 0.538. The highest BCUT2D eigenvalue weighted by Crippen LogP contribution is 2.38. The molecule has 1 aromatic rings. The quantitative estimate of drug-likeness (QED) is 0.826. The molecule has 0 heterocycles. The highest BCUT2D eigenvalue weighted by Gasteiger charge is 2.43. The van der Waals surface area contributed by atoms with Crippen LogP contribution in [0.15, 0.2) is 29.2 Å². The molecule has 2 nitrogen and oxygen atoms in total. The lowest BCUT2D eigenvalue weighted by molar-refractivity contribution is -0.210. The van der Waals surface area contributed by atoms with E-state index in [0.717, 1.165) is 0 Å². The van der Waals surface area contributed by atoms with Crippen LogP contribution in [0.2, 0.25) is 0 Å². The van der Waals surface area contributed by atoms with Crippen LogP contribution < -0.4 is 5.73 Å². The van der Waals surface area contributed by atoms with Crippen molar-refractivity contribution in [3.05, 3.63) is 29.8 Å². The molecule has 0 aromatic heterocycles. The Kier molecular flexibility index (Phi) is 6.87. The maximum Gasteiger partial charge on any atom is 0.416 e. The molecule has 1 rings (SSSR count). The average Bonchev–Trinajstić information content (AvgIpc) is 2.24. The molecule has 1 aromatic carbocycles. The third-order valence-electron chi connectivity index (χ3n) is 2.37. The summed E-state index contributed by atoms with van der Waals surface area (Å²) in [5, 5.41) is 9.27. The van der Waals surface area contributed by atoms with Crippen LogP contribution in [-0.4, -0.2) is 22.1 Å². The summed E-state index contributed by atoms with van der Waals surface area (Å²) in [4.78, 5) is 0.658. The lowest BCUT2D eigenvalue weighted by atomic mass is 10.0. The number of nitrogens with two attached hydrogens (primary N) is 1. The number of rotatable bonds is 3. The van der Waals surface area contributed by atoms with E-state index in [1.165, 1.54) is 17.8 Å². The van der Waals surface area contributed by atoms with E-state index in [1.54, 1.807) is 18.2 Å². The maximum absolute atomic E-state index is 12.5. The van der Waals surface area contributed by atoms with Gasteiger partial charge < -0.3 is 10.8 Å². The van der Waals surface area contributed by atoms with Gasteiger partial charge in [-0.1, -0.05) is 39.0 Å². The zero-order chi connectivity index (χ0) is 14.8. The van der Waals surface area contributed by atoms with Crippen molar-refractivity contribution in [2.24, 2.45) is 5.73 Å². The molecule has 0 aliphatic carbocycles. The van der Waals surface area contributed by atoms with Crippen molar-refractivity contribution in [3.63, 3.8) is 0 Å². The Morgan fingerprint density at radius 2 is 1.65 bits per heavy atom. The summed E-state index contributed by atoms with van der Waals surface area (Å²) in [6.07, 6.45) is -7.28. The van der Waals surface area contributed by atoms with Crippen molar-refractivity contribution in [2.75, 3.05) is 0 Å². The van der Waals surface area contributed by atoms with Crippen molar-refractivity contribution < 1.29 is 18.3 Å². The van der Waals surface area contributed by atoms with Gasteiger partial charge in [0.05, 0.1) is 6.04 Å². The highest BCUT2D eigenvalue weighted by atomic mass is 35.5. The van der Waals surface area contributed by atoms with Gasteiger partial charge in [0, 0.05) is 9.64 Å². The van der Waals surface area contributed by atoms with Crippen LogP contribution in [0.25, 0.3) is 0 Å². The Morgan fingerprint density at radius 3 is 2.10 bits per heavy atom. The minimum absolute atomic E-state index is 0. The second-order valence-corrected chi connectivity index (χ2v) is 7.13. The fourth-order valence-electron chi connectivity index (χ4n) is 1.55. The van der Waals surface area contributed by atoms with E-state index in [0.29, 0.717) is 10.5 Å². The molecule has 20 heavy (non-hydrogen) atoms. The van der Waals surface area contributed by atoms with E-state index in [2.05, 4.69) is 0 Å². The van der Waals surface area contributed by atoms with Crippen LogP contribution in [0.4, 0.5) is 13.2 Å². The minimum Gasteiger partial charge on any atom is -0.382 e. The van der Waals surface area contributed by atoms with Gasteiger partial charge in [0.2, 0.25) is 0 Å². The van der Waals surface area contributed by atoms with Crippen LogP contribution in [0.5, 0.6) is 0 Å². The number of hydrogen-bond donors (Lipinski definition) is 2. The Bertz CT molecular complexity index is 434. The van der Waals surface area contributed by atoms with Gasteiger partial charge in [-0.25, -0.2) is 0 Å². The number of hydrogen-bond acceptors (Lipinski definition) is 3. The minimum atomic E-state index is -4.72. The lowest BCUT2D eigenvalue weighted by Crippen LogP contribution is -2.39. The second kappa shape index (κ2) is 7.02. The molecule has 0 amide bonds. The van der Waals surface area contributed by atoms with Crippen LogP contribution >= 0.6 is 24.2 Å². The fourth-order valence-corrected chi connectivity index (χ4v) is 2.68. The molecule has 2 atom stereocenters. The SMILES string of the molecule is CC(C)(C)Sc1ccccc1[C@H](N)[C@H](O)C(F)(F)F.Cl. The van der Waals surface area contributed by atoms with Crippen molar-refractivity contribution in [3.8, 4) is 0 Å². The topological polar surface area (TPSA) is 46.2 Å². The molecule has 0 fully saturated rings. The van der Waals surface area contributed by atoms with E-state index in [9.17, 15) is 18.3 Å². The molecule has 0 saturated carbocycles. The molecule has 0 bridgehead atoms. The van der Waals surface area contributed by atoms with Gasteiger partial charge in [0.25, 0.3) is 0 Å². The number of thioether (sulfide) groups is 1. The summed E-state index contributed by atoms with van der Waals surface area (Å²) >= 11 is 1.43. The molecule has 0 saturated heterocycles. The normalized spacial score (nSPS) is 15.4. The molecular weight excluding hydrogens is 311 g/mol. The van der Waals surface area contributed by atoms with Gasteiger partial charge in [0.15, 0.2) is 6.10 Å². The van der Waals surface area contributed by atoms with E-state index in [1.807, 2.05) is 20.8 Å². The summed E-state index contributed by atoms with van der Waals surface area (Å²) in [5.74, 6) is 0. The van der Waals surface area contributed by atoms with E-state index >= 15 is 0 Å². The van der Waals surface area contributed by atoms with Crippen LogP contribution in [0, 0.1) is 0 Å². The van der Waals surface area contributed by atoms with Gasteiger partial charge in [-0.05, 0) is 11.6 Å². The third-order valence-corrected chi connectivity index (χ3v) is 3.57. The Balaban J connectivity index is 0.00000361. The van der Waals surface area contributed by atoms with Gasteiger partial charge >= 0.3 is 6.18 Å². The predicted octanol–water partition coefficient (Wildman–Crippen LogP) is 3.92. The van der Waals surface area contributed by atoms with E-state index in [4.69, 9.17) is 5.73 Å². The molecule has 3 N–H and O–H groups in total. The Hall–Kier alpha value is -0.430. The molecule has 0 radical (unpaired) electrons. The second-order valence-electron chi connectivity index (χ2n) is 5.26. The molecule has 116 valence electrons. The first-order chi connectivity index (χ1) is 8.52. The smallest absolute Gasteiger partial charge is 0.382 e. The van der Waals surface area contributed by atoms with Crippen LogP contribution in [0.1, 0.15) is 32.4 Å². The number of aliphatic hydroxyl groups is 1. The van der Waals surface area contributed by atoms with Crippen LogP contribution in [-0.2, 0) is 0 Å². The maximum atomic E-state index is 12.5. The standard InChI is InChI=1S/C13H18F3NOS.ClH/c1-12(2,3)19-9-7-5-4-6-8(9)10(17)11(18)13(14,15)16;/h4-7,10-11,18H,17H2,1-3H3;1H/t10-,11-;/m0./s1. The Morgan fingerprint density at radius 1 is 1.15 bits per heavy atom. The molecule has 0 aliphatic rings. The number of halogens is 4. The summed E-state index contributed by atoms with van der Waals surface area (Å²) in [7, 11) is 0. The first-order valence-electron chi connectivity index (χ1n) is 5.80. The zero-order valence-corrected chi connectivity index (χ0v) is 13.1. The molecular formula is C13H19ClF3NOS. The first kappa shape index (κ1) is 19.6. The molecule has 0 aliphatic heterocycles. The summed E-state index contributed by atoms with van der Waals surface area (Å²) in [6.45, 7) is 5.88. The molecule has 0 unspecified atom stereocenters. The van der Waals surface area contributed by atoms with Gasteiger partial charge in [-0.3, -0.25) is 0 Å². The van der Waals surface area contributed by atoms with Crippen molar-refractivity contribution >= 4 is 24.2 Å². The number of benzene rings is 1. The average molecular weight is 330 g/mol. The molecule has 7 heteroatoms. The predicted molar refractivity (Wildman–Crippen MR) is 78.3 cm³/mol. The summed E-state index contributed by atoms with van der Waals surface area (Å²) in [6, 6.07) is 5.11. The Labute approximate surface area is 127 Å². The highest BCUT2D eigenvalue weighted by molar-refractivity contribution is 8.00.